The Bertz CT molecular complexity index is 962. The highest BCUT2D eigenvalue weighted by Gasteiger charge is 2.27. The normalized spacial score (nSPS) is 17.9. The zero-order chi connectivity index (χ0) is 18.9. The number of fused-ring (bicyclic) bond motifs is 1. The average Bonchev–Trinajstić information content (AvgIpc) is 3.31. The van der Waals surface area contributed by atoms with Crippen LogP contribution < -0.4 is 10.2 Å². The Kier molecular flexibility index (Phi) is 4.55. The molecule has 1 saturated heterocycles. The van der Waals surface area contributed by atoms with Crippen LogP contribution in [0.1, 0.15) is 49.3 Å². The lowest BCUT2D eigenvalue weighted by Gasteiger charge is -2.32. The van der Waals surface area contributed by atoms with Crippen molar-refractivity contribution in [2.24, 2.45) is 0 Å². The Labute approximate surface area is 164 Å². The van der Waals surface area contributed by atoms with Gasteiger partial charge < -0.3 is 15.2 Å². The van der Waals surface area contributed by atoms with Crippen molar-refractivity contribution in [2.45, 2.75) is 50.5 Å². The molecular weight excluding hydrogens is 350 g/mol. The first-order valence-electron chi connectivity index (χ1n) is 10.4. The molecule has 1 aliphatic carbocycles. The van der Waals surface area contributed by atoms with Gasteiger partial charge in [-0.1, -0.05) is 18.2 Å². The van der Waals surface area contributed by atoms with E-state index in [1.54, 1.807) is 0 Å². The molecule has 0 spiro atoms. The predicted octanol–water partition coefficient (Wildman–Crippen LogP) is 3.49. The maximum Gasteiger partial charge on any atom is 0.220 e. The number of aromatic nitrogens is 3. The number of amides is 1. The Hall–Kier alpha value is -2.76. The van der Waals surface area contributed by atoms with Gasteiger partial charge in [0.2, 0.25) is 5.91 Å². The molecule has 0 unspecified atom stereocenters. The SMILES string of the molecule is O=C(CCc1c[nH]c2ccccc12)NC1CCN(c2cc(C3CC3)[nH]n2)CC1. The van der Waals surface area contributed by atoms with Gasteiger partial charge in [-0.3, -0.25) is 9.89 Å². The Balaban J connectivity index is 1.09. The number of benzene rings is 1. The molecule has 1 aliphatic heterocycles. The zero-order valence-corrected chi connectivity index (χ0v) is 16.1. The molecule has 28 heavy (non-hydrogen) atoms. The fraction of sp³-hybridized carbons (Fsp3) is 0.455. The van der Waals surface area contributed by atoms with Crippen LogP contribution in [0.2, 0.25) is 0 Å². The molecule has 2 fully saturated rings. The predicted molar refractivity (Wildman–Crippen MR) is 111 cm³/mol. The summed E-state index contributed by atoms with van der Waals surface area (Å²) in [7, 11) is 0. The summed E-state index contributed by atoms with van der Waals surface area (Å²) in [5.41, 5.74) is 3.63. The van der Waals surface area contributed by atoms with Crippen molar-refractivity contribution < 1.29 is 4.79 Å². The summed E-state index contributed by atoms with van der Waals surface area (Å²) in [6, 6.07) is 10.7. The van der Waals surface area contributed by atoms with Crippen LogP contribution in [-0.2, 0) is 11.2 Å². The van der Waals surface area contributed by atoms with Crippen LogP contribution in [0.5, 0.6) is 0 Å². The Morgan fingerprint density at radius 3 is 2.82 bits per heavy atom. The summed E-state index contributed by atoms with van der Waals surface area (Å²) in [5.74, 6) is 1.92. The van der Waals surface area contributed by atoms with Crippen molar-refractivity contribution in [3.05, 3.63) is 47.8 Å². The fourth-order valence-electron chi connectivity index (χ4n) is 4.23. The largest absolute Gasteiger partial charge is 0.361 e. The number of rotatable bonds is 6. The van der Waals surface area contributed by atoms with Gasteiger partial charge in [-0.2, -0.15) is 5.10 Å². The highest BCUT2D eigenvalue weighted by molar-refractivity contribution is 5.84. The molecule has 2 aliphatic rings. The smallest absolute Gasteiger partial charge is 0.220 e. The number of aromatic amines is 2. The molecule has 0 radical (unpaired) electrons. The number of hydrogen-bond donors (Lipinski definition) is 3. The van der Waals surface area contributed by atoms with Gasteiger partial charge in [0.15, 0.2) is 5.82 Å². The molecule has 1 aromatic carbocycles. The molecule has 5 rings (SSSR count). The summed E-state index contributed by atoms with van der Waals surface area (Å²) in [5, 5.41) is 12.1. The van der Waals surface area contributed by atoms with Crippen LogP contribution >= 0.6 is 0 Å². The molecule has 0 atom stereocenters. The van der Waals surface area contributed by atoms with Gasteiger partial charge in [-0.05, 0) is 43.7 Å². The highest BCUT2D eigenvalue weighted by atomic mass is 16.1. The van der Waals surface area contributed by atoms with Gasteiger partial charge in [0.05, 0.1) is 0 Å². The summed E-state index contributed by atoms with van der Waals surface area (Å²) < 4.78 is 0. The Morgan fingerprint density at radius 2 is 2.00 bits per heavy atom. The number of hydrogen-bond acceptors (Lipinski definition) is 3. The third-order valence-corrected chi connectivity index (χ3v) is 6.08. The minimum absolute atomic E-state index is 0.152. The third kappa shape index (κ3) is 3.63. The first kappa shape index (κ1) is 17.3. The summed E-state index contributed by atoms with van der Waals surface area (Å²) in [6.07, 6.45) is 7.85. The number of piperidine rings is 1. The second kappa shape index (κ2) is 7.34. The lowest BCUT2D eigenvalue weighted by atomic mass is 10.0. The number of nitrogens with zero attached hydrogens (tertiary/aromatic N) is 2. The lowest BCUT2D eigenvalue weighted by molar-refractivity contribution is -0.121. The molecule has 146 valence electrons. The van der Waals surface area contributed by atoms with Gasteiger partial charge in [-0.15, -0.1) is 0 Å². The van der Waals surface area contributed by atoms with E-state index < -0.39 is 0 Å². The van der Waals surface area contributed by atoms with E-state index in [9.17, 15) is 4.79 Å². The van der Waals surface area contributed by atoms with Crippen LogP contribution in [0.25, 0.3) is 10.9 Å². The third-order valence-electron chi connectivity index (χ3n) is 6.08. The molecule has 3 aromatic rings. The number of H-pyrrole nitrogens is 2. The van der Waals surface area contributed by atoms with Crippen molar-refractivity contribution in [3.63, 3.8) is 0 Å². The summed E-state index contributed by atoms with van der Waals surface area (Å²) in [6.45, 7) is 1.89. The molecule has 1 saturated carbocycles. The second-order valence-corrected chi connectivity index (χ2v) is 8.14. The van der Waals surface area contributed by atoms with E-state index in [0.717, 1.165) is 43.7 Å². The minimum Gasteiger partial charge on any atom is -0.361 e. The van der Waals surface area contributed by atoms with Gasteiger partial charge in [0.1, 0.15) is 0 Å². The number of nitrogens with one attached hydrogen (secondary N) is 3. The van der Waals surface area contributed by atoms with Crippen molar-refractivity contribution >= 4 is 22.6 Å². The lowest BCUT2D eigenvalue weighted by Crippen LogP contribution is -2.44. The summed E-state index contributed by atoms with van der Waals surface area (Å²) >= 11 is 0. The first-order chi connectivity index (χ1) is 13.8. The van der Waals surface area contributed by atoms with Gasteiger partial charge in [0.25, 0.3) is 0 Å². The molecule has 0 bridgehead atoms. The van der Waals surface area contributed by atoms with E-state index >= 15 is 0 Å². The van der Waals surface area contributed by atoms with Crippen molar-refractivity contribution in [3.8, 4) is 0 Å². The monoisotopic (exact) mass is 377 g/mol. The second-order valence-electron chi connectivity index (χ2n) is 8.14. The van der Waals surface area contributed by atoms with E-state index in [1.165, 1.54) is 29.5 Å². The Morgan fingerprint density at radius 1 is 1.18 bits per heavy atom. The fourth-order valence-corrected chi connectivity index (χ4v) is 4.23. The summed E-state index contributed by atoms with van der Waals surface area (Å²) in [4.78, 5) is 18.0. The minimum atomic E-state index is 0.152. The maximum absolute atomic E-state index is 12.4. The van der Waals surface area contributed by atoms with Crippen LogP contribution in [0, 0.1) is 0 Å². The van der Waals surface area contributed by atoms with E-state index in [-0.39, 0.29) is 11.9 Å². The van der Waals surface area contributed by atoms with Gasteiger partial charge in [-0.25, -0.2) is 0 Å². The molecular formula is C22H27N5O. The van der Waals surface area contributed by atoms with E-state index in [0.29, 0.717) is 12.3 Å². The van der Waals surface area contributed by atoms with E-state index in [1.807, 2.05) is 18.3 Å². The van der Waals surface area contributed by atoms with Gasteiger partial charge >= 0.3 is 0 Å². The molecule has 2 aromatic heterocycles. The standard InChI is InChI=1S/C22H27N5O/c28-22(8-7-16-14-23-19-4-2-1-3-18(16)19)24-17-9-11-27(12-10-17)21-13-20(25-26-21)15-5-6-15/h1-4,13-15,17,23H,5-12H2,(H,24,28)(H,25,26). The topological polar surface area (TPSA) is 76.8 Å². The molecule has 1 amide bonds. The quantitative estimate of drug-likeness (QED) is 0.615. The first-order valence-corrected chi connectivity index (χ1v) is 10.4. The van der Waals surface area contributed by atoms with Crippen LogP contribution in [0.15, 0.2) is 36.5 Å². The maximum atomic E-state index is 12.4. The molecule has 6 nitrogen and oxygen atoms in total. The van der Waals surface area contributed by atoms with Crippen molar-refractivity contribution in [1.29, 1.82) is 0 Å². The molecule has 3 heterocycles. The highest BCUT2D eigenvalue weighted by Crippen LogP contribution is 2.40. The molecule has 6 heteroatoms. The number of anilines is 1. The number of carbonyl (C=O) groups is 1. The van der Waals surface area contributed by atoms with Crippen molar-refractivity contribution in [1.82, 2.24) is 20.5 Å². The van der Waals surface area contributed by atoms with E-state index in [4.69, 9.17) is 0 Å². The number of para-hydroxylation sites is 1. The van der Waals surface area contributed by atoms with E-state index in [2.05, 4.69) is 43.6 Å². The van der Waals surface area contributed by atoms with Crippen LogP contribution in [-0.4, -0.2) is 40.2 Å². The molecule has 3 N–H and O–H groups in total. The van der Waals surface area contributed by atoms with Gasteiger partial charge in [0, 0.05) is 60.3 Å². The average molecular weight is 377 g/mol. The van der Waals surface area contributed by atoms with Crippen LogP contribution in [0.3, 0.4) is 0 Å². The zero-order valence-electron chi connectivity index (χ0n) is 16.1. The number of carbonyl (C=O) groups excluding carboxylic acids is 1. The van der Waals surface area contributed by atoms with Crippen LogP contribution in [0.4, 0.5) is 5.82 Å². The van der Waals surface area contributed by atoms with Crippen molar-refractivity contribution in [2.75, 3.05) is 18.0 Å². The number of aryl methyl sites for hydroxylation is 1.